The Morgan fingerprint density at radius 2 is 1.94 bits per heavy atom. The van der Waals surface area contributed by atoms with Gasteiger partial charge in [-0.25, -0.2) is 0 Å². The van der Waals surface area contributed by atoms with Gasteiger partial charge in [-0.15, -0.1) is 10.2 Å². The number of benzene rings is 2. The average Bonchev–Trinajstić information content (AvgIpc) is 3.49. The van der Waals surface area contributed by atoms with Crippen molar-refractivity contribution in [3.63, 3.8) is 0 Å². The second kappa shape index (κ2) is 9.86. The number of carbonyl (C=O) groups is 1. The Hall–Kier alpha value is -4.01. The Morgan fingerprint density at radius 1 is 1.15 bits per heavy atom. The number of hydrogen-bond donors (Lipinski definition) is 2. The first-order chi connectivity index (χ1) is 16.6. The molecule has 1 amide bonds. The predicted molar refractivity (Wildman–Crippen MR) is 131 cm³/mol. The van der Waals surface area contributed by atoms with Gasteiger partial charge in [-0.1, -0.05) is 25.1 Å². The Balaban J connectivity index is 1.69. The van der Waals surface area contributed by atoms with Crippen LogP contribution in [0.1, 0.15) is 26.2 Å². The molecule has 2 N–H and O–H groups in total. The van der Waals surface area contributed by atoms with Gasteiger partial charge in [0.25, 0.3) is 0 Å². The van der Waals surface area contributed by atoms with Crippen molar-refractivity contribution in [2.45, 2.75) is 26.2 Å². The van der Waals surface area contributed by atoms with Crippen LogP contribution in [0.5, 0.6) is 11.5 Å². The highest BCUT2D eigenvalue weighted by Gasteiger charge is 2.53. The van der Waals surface area contributed by atoms with Crippen LogP contribution in [0.3, 0.4) is 0 Å². The van der Waals surface area contributed by atoms with Gasteiger partial charge in [-0.05, 0) is 65.9 Å². The summed E-state index contributed by atoms with van der Waals surface area (Å²) >= 11 is 0. The summed E-state index contributed by atoms with van der Waals surface area (Å²) in [4.78, 5) is 17.6. The molecule has 1 aliphatic rings. The second-order valence-electron chi connectivity index (χ2n) is 8.02. The number of nitrogens with one attached hydrogen (secondary N) is 2. The van der Waals surface area contributed by atoms with Gasteiger partial charge in [0.15, 0.2) is 11.5 Å². The molecule has 2 aromatic carbocycles. The Bertz CT molecular complexity index is 1230. The summed E-state index contributed by atoms with van der Waals surface area (Å²) in [6.45, 7) is 2.06. The lowest BCUT2D eigenvalue weighted by Crippen LogP contribution is -2.30. The number of rotatable bonds is 9. The largest absolute Gasteiger partial charge is 0.493 e. The molecule has 1 aliphatic carbocycles. The van der Waals surface area contributed by atoms with Crippen molar-refractivity contribution < 1.29 is 14.3 Å². The molecule has 34 heavy (non-hydrogen) atoms. The summed E-state index contributed by atoms with van der Waals surface area (Å²) in [5.41, 5.74) is 3.36. The zero-order valence-corrected chi connectivity index (χ0v) is 19.8. The van der Waals surface area contributed by atoms with Gasteiger partial charge in [-0.2, -0.15) is 5.21 Å². The fourth-order valence-corrected chi connectivity index (χ4v) is 3.99. The van der Waals surface area contributed by atoms with E-state index in [1.807, 2.05) is 48.6 Å². The molecule has 176 valence electrons. The lowest BCUT2D eigenvalue weighted by Gasteiger charge is -2.17. The van der Waals surface area contributed by atoms with Gasteiger partial charge < -0.3 is 14.8 Å². The molecular weight excluding hydrogens is 432 g/mol. The number of ether oxygens (including phenoxy) is 2. The predicted octanol–water partition coefficient (Wildman–Crippen LogP) is 4.31. The number of hydrogen-bond acceptors (Lipinski definition) is 7. The lowest BCUT2D eigenvalue weighted by atomic mass is 9.96. The summed E-state index contributed by atoms with van der Waals surface area (Å²) in [6.07, 6.45) is 6.43. The van der Waals surface area contributed by atoms with E-state index in [4.69, 9.17) is 9.47 Å². The quantitative estimate of drug-likeness (QED) is 0.460. The third-order valence-corrected chi connectivity index (χ3v) is 5.99. The number of aromatic amines is 1. The molecule has 1 heterocycles. The molecule has 4 rings (SSSR count). The molecule has 0 atom stereocenters. The van der Waals surface area contributed by atoms with Crippen LogP contribution < -0.4 is 14.8 Å². The normalized spacial score (nSPS) is 14.8. The minimum atomic E-state index is -0.575. The maximum absolute atomic E-state index is 13.3. The van der Waals surface area contributed by atoms with Gasteiger partial charge in [0.05, 0.1) is 19.6 Å². The number of anilines is 1. The standard InChI is InChI=1S/C25H28N6O3/c1-5-6-7-22(26-2)25(12-13-25)24(32)27-17-9-10-18(19(15-17)23-28-30-31-29-23)16-8-11-20(33-3)21(14-16)34-4/h6-11,14-15H,5,12-13H2,1-4H3,(H,27,32)(H,28,29,30,31)/b7-6-,26-22?. The number of tetrazole rings is 1. The van der Waals surface area contributed by atoms with Crippen LogP contribution in [0.4, 0.5) is 5.69 Å². The summed E-state index contributed by atoms with van der Waals surface area (Å²) < 4.78 is 10.8. The molecule has 9 heteroatoms. The van der Waals surface area contributed by atoms with E-state index in [-0.39, 0.29) is 5.91 Å². The average molecular weight is 461 g/mol. The van der Waals surface area contributed by atoms with Crippen LogP contribution in [-0.4, -0.2) is 53.5 Å². The number of carbonyl (C=O) groups excluding carboxylic acids is 1. The van der Waals surface area contributed by atoms with Gasteiger partial charge in [0.2, 0.25) is 11.7 Å². The Labute approximate surface area is 198 Å². The molecular formula is C25H28N6O3. The minimum absolute atomic E-state index is 0.0632. The van der Waals surface area contributed by atoms with Gasteiger partial charge in [-0.3, -0.25) is 9.79 Å². The topological polar surface area (TPSA) is 114 Å². The van der Waals surface area contributed by atoms with E-state index in [9.17, 15) is 4.79 Å². The maximum Gasteiger partial charge on any atom is 0.236 e. The molecule has 1 fully saturated rings. The molecule has 0 unspecified atom stereocenters. The molecule has 0 bridgehead atoms. The monoisotopic (exact) mass is 460 g/mol. The number of amides is 1. The molecule has 3 aromatic rings. The second-order valence-corrected chi connectivity index (χ2v) is 8.02. The van der Waals surface area contributed by atoms with E-state index < -0.39 is 5.41 Å². The highest BCUT2D eigenvalue weighted by Crippen LogP contribution is 2.48. The van der Waals surface area contributed by atoms with Crippen molar-refractivity contribution in [2.75, 3.05) is 26.6 Å². The van der Waals surface area contributed by atoms with E-state index in [2.05, 4.69) is 37.9 Å². The minimum Gasteiger partial charge on any atom is -0.493 e. The smallest absolute Gasteiger partial charge is 0.236 e. The summed E-state index contributed by atoms with van der Waals surface area (Å²) in [5, 5.41) is 17.6. The number of methoxy groups -OCH3 is 2. The van der Waals surface area contributed by atoms with Crippen LogP contribution in [0.2, 0.25) is 0 Å². The summed E-state index contributed by atoms with van der Waals surface area (Å²) in [6, 6.07) is 11.3. The van der Waals surface area contributed by atoms with Gasteiger partial charge in [0, 0.05) is 24.0 Å². The number of aromatic nitrogens is 4. The first-order valence-electron chi connectivity index (χ1n) is 11.1. The molecule has 9 nitrogen and oxygen atoms in total. The highest BCUT2D eigenvalue weighted by atomic mass is 16.5. The third kappa shape index (κ3) is 4.41. The molecule has 0 saturated heterocycles. The molecule has 0 aliphatic heterocycles. The third-order valence-electron chi connectivity index (χ3n) is 5.99. The van der Waals surface area contributed by atoms with Crippen molar-refractivity contribution in [1.82, 2.24) is 20.6 Å². The molecule has 1 saturated carbocycles. The van der Waals surface area contributed by atoms with Crippen LogP contribution in [0.25, 0.3) is 22.5 Å². The van der Waals surface area contributed by atoms with Crippen LogP contribution in [0, 0.1) is 5.41 Å². The summed E-state index contributed by atoms with van der Waals surface area (Å²) in [7, 11) is 4.92. The van der Waals surface area contributed by atoms with Crippen LogP contribution in [0.15, 0.2) is 53.5 Å². The first-order valence-corrected chi connectivity index (χ1v) is 11.1. The number of aliphatic imine (C=N–C) groups is 1. The number of nitrogens with zero attached hydrogens (tertiary/aromatic N) is 4. The van der Waals surface area contributed by atoms with Crippen molar-refractivity contribution >= 4 is 17.3 Å². The van der Waals surface area contributed by atoms with Crippen LogP contribution >= 0.6 is 0 Å². The van der Waals surface area contributed by atoms with E-state index in [1.165, 1.54) is 0 Å². The van der Waals surface area contributed by atoms with Crippen molar-refractivity contribution in [2.24, 2.45) is 10.4 Å². The molecule has 1 aromatic heterocycles. The number of allylic oxidation sites excluding steroid dienone is 2. The zero-order valence-electron chi connectivity index (χ0n) is 19.8. The summed E-state index contributed by atoms with van der Waals surface area (Å²) in [5.74, 6) is 1.60. The fraction of sp³-hybridized carbons (Fsp3) is 0.320. The SMILES string of the molecule is CC/C=C\C(=NC)C1(C(=O)Nc2ccc(-c3ccc(OC)c(OC)c3)c(-c3nn[nH]n3)c2)CC1. The van der Waals surface area contributed by atoms with Gasteiger partial charge in [0.1, 0.15) is 0 Å². The Morgan fingerprint density at radius 3 is 2.56 bits per heavy atom. The molecule has 0 spiro atoms. The highest BCUT2D eigenvalue weighted by molar-refractivity contribution is 6.19. The van der Waals surface area contributed by atoms with Crippen molar-refractivity contribution in [3.05, 3.63) is 48.6 Å². The zero-order chi connectivity index (χ0) is 24.1. The van der Waals surface area contributed by atoms with Gasteiger partial charge >= 0.3 is 0 Å². The first kappa shape index (κ1) is 23.2. The maximum atomic E-state index is 13.3. The van der Waals surface area contributed by atoms with E-state index in [1.54, 1.807) is 21.3 Å². The fourth-order valence-electron chi connectivity index (χ4n) is 3.99. The van der Waals surface area contributed by atoms with E-state index >= 15 is 0 Å². The van der Waals surface area contributed by atoms with E-state index in [0.29, 0.717) is 23.0 Å². The molecule has 0 radical (unpaired) electrons. The number of H-pyrrole nitrogens is 1. The Kier molecular flexibility index (Phi) is 6.72. The van der Waals surface area contributed by atoms with Crippen molar-refractivity contribution in [1.29, 1.82) is 0 Å². The lowest BCUT2D eigenvalue weighted by molar-refractivity contribution is -0.118. The van der Waals surface area contributed by atoms with Crippen LogP contribution in [-0.2, 0) is 4.79 Å². The van der Waals surface area contributed by atoms with E-state index in [0.717, 1.165) is 41.7 Å². The van der Waals surface area contributed by atoms with Crippen molar-refractivity contribution in [3.8, 4) is 34.0 Å².